The van der Waals surface area contributed by atoms with Gasteiger partial charge in [-0.3, -0.25) is 9.69 Å². The Kier molecular flexibility index (Phi) is 7.72. The number of anilines is 1. The van der Waals surface area contributed by atoms with E-state index >= 15 is 0 Å². The van der Waals surface area contributed by atoms with Gasteiger partial charge in [0.2, 0.25) is 0 Å². The normalized spacial score (nSPS) is 28.9. The van der Waals surface area contributed by atoms with Crippen molar-refractivity contribution >= 4 is 33.8 Å². The van der Waals surface area contributed by atoms with Gasteiger partial charge in [0.1, 0.15) is 7.05 Å². The average Bonchev–Trinajstić information content (AvgIpc) is 3.25. The number of aromatic nitrogens is 1. The smallest absolute Gasteiger partial charge is 0.297 e. The van der Waals surface area contributed by atoms with Crippen molar-refractivity contribution in [3.8, 4) is 11.3 Å². The van der Waals surface area contributed by atoms with E-state index in [0.29, 0.717) is 11.5 Å². The molecule has 1 fully saturated rings. The molecule has 3 aromatic rings. The van der Waals surface area contributed by atoms with Crippen molar-refractivity contribution < 1.29 is 17.6 Å². The number of nitrogens with zero attached hydrogens (tertiary/aromatic N) is 5. The molecule has 0 radical (unpaired) electrons. The Morgan fingerprint density at radius 3 is 2.43 bits per heavy atom. The summed E-state index contributed by atoms with van der Waals surface area (Å²) in [5.41, 5.74) is 9.50. The lowest BCUT2D eigenvalue weighted by Gasteiger charge is -2.46. The molecule has 3 aliphatic rings. The van der Waals surface area contributed by atoms with Gasteiger partial charge in [0.25, 0.3) is 5.91 Å². The highest BCUT2D eigenvalue weighted by atomic mass is 32.2. The Morgan fingerprint density at radius 2 is 1.71 bits per heavy atom. The molecule has 6 rings (SSSR count). The number of rotatable bonds is 2. The molecule has 9 nitrogen and oxygen atoms in total. The summed E-state index contributed by atoms with van der Waals surface area (Å²) in [7, 11) is 7.76. The number of nitrogens with one attached hydrogen (secondary N) is 1. The van der Waals surface area contributed by atoms with Crippen LogP contribution in [0.3, 0.4) is 0 Å². The fourth-order valence-electron chi connectivity index (χ4n) is 7.47. The maximum Gasteiger partial charge on any atom is 0.297 e. The van der Waals surface area contributed by atoms with Gasteiger partial charge in [-0.05, 0) is 63.5 Å². The standard InChI is InChI=1S/C32H44N6O3S/c1-21-34(3)19-25-20-37-29-18-24(32(39)33-38(6,42(40)41)22(2)35(21)4)16-17-26(29)30(23-12-8-7-9-13-23)31(37)27-14-10-11-15-28(27)36(25)5/h10-11,14-18,21-23,25H,7-9,12-13,19-20H2,1-6H3,(H-,33,39,40,41). The third-order valence-electron chi connectivity index (χ3n) is 10.5. The molecule has 2 aromatic carbocycles. The summed E-state index contributed by atoms with van der Waals surface area (Å²) in [4.78, 5) is 20.5. The van der Waals surface area contributed by atoms with Gasteiger partial charge in [-0.2, -0.15) is 5.43 Å². The van der Waals surface area contributed by atoms with Crippen LogP contribution in [-0.2, 0) is 17.8 Å². The highest BCUT2D eigenvalue weighted by molar-refractivity contribution is 7.73. The lowest BCUT2D eigenvalue weighted by atomic mass is 9.81. The molecule has 0 saturated heterocycles. The minimum atomic E-state index is -2.62. The topological polar surface area (TPSA) is 83.9 Å². The van der Waals surface area contributed by atoms with E-state index in [-0.39, 0.29) is 12.2 Å². The maximum atomic E-state index is 13.8. The molecule has 1 aliphatic carbocycles. The molecule has 4 bridgehead atoms. The van der Waals surface area contributed by atoms with Crippen LogP contribution in [0.1, 0.15) is 67.8 Å². The summed E-state index contributed by atoms with van der Waals surface area (Å²) in [6.07, 6.45) is 5.46. The van der Waals surface area contributed by atoms with Crippen LogP contribution in [0.2, 0.25) is 0 Å². The first-order valence-corrected chi connectivity index (χ1v) is 16.3. The zero-order chi connectivity index (χ0) is 29.9. The number of hydrogen-bond donors (Lipinski definition) is 1. The van der Waals surface area contributed by atoms with Gasteiger partial charge in [0.15, 0.2) is 17.4 Å². The van der Waals surface area contributed by atoms with Gasteiger partial charge in [-0.15, -0.1) is 4.00 Å². The number of benzene rings is 2. The maximum absolute atomic E-state index is 13.8. The lowest BCUT2D eigenvalue weighted by Crippen LogP contribution is -2.69. The molecule has 226 valence electrons. The van der Waals surface area contributed by atoms with E-state index in [1.165, 1.54) is 60.0 Å². The fourth-order valence-corrected chi connectivity index (χ4v) is 8.03. The second-order valence-electron chi connectivity index (χ2n) is 12.7. The molecular formula is C32H44N6O3S. The zero-order valence-corrected chi connectivity index (χ0v) is 26.5. The van der Waals surface area contributed by atoms with Crippen molar-refractivity contribution in [3.05, 3.63) is 53.6 Å². The second-order valence-corrected chi connectivity index (χ2v) is 13.9. The summed E-state index contributed by atoms with van der Waals surface area (Å²) >= 11 is -2.62. The number of carbonyl (C=O) groups excluding carboxylic acids is 1. The average molecular weight is 593 g/mol. The van der Waals surface area contributed by atoms with E-state index in [2.05, 4.69) is 71.1 Å². The van der Waals surface area contributed by atoms with Crippen molar-refractivity contribution in [2.45, 2.75) is 76.8 Å². The summed E-state index contributed by atoms with van der Waals surface area (Å²) in [6.45, 7) is 5.49. The fraction of sp³-hybridized carbons (Fsp3) is 0.531. The van der Waals surface area contributed by atoms with E-state index in [0.717, 1.165) is 18.6 Å². The van der Waals surface area contributed by atoms with E-state index in [9.17, 15) is 13.6 Å². The highest BCUT2D eigenvalue weighted by Crippen LogP contribution is 2.48. The summed E-state index contributed by atoms with van der Waals surface area (Å²) in [5, 5.41) is 1.21. The Balaban J connectivity index is 1.63. The molecule has 1 N–H and O–H groups in total. The largest absolute Gasteiger partial charge is 0.723 e. The molecule has 42 heavy (non-hydrogen) atoms. The predicted molar refractivity (Wildman–Crippen MR) is 167 cm³/mol. The minimum absolute atomic E-state index is 0.0903. The summed E-state index contributed by atoms with van der Waals surface area (Å²) in [6, 6.07) is 14.8. The van der Waals surface area contributed by atoms with Crippen molar-refractivity contribution in [1.29, 1.82) is 0 Å². The van der Waals surface area contributed by atoms with Crippen LogP contribution in [0, 0.1) is 0 Å². The molecular weight excluding hydrogens is 548 g/mol. The molecule has 5 atom stereocenters. The van der Waals surface area contributed by atoms with Crippen LogP contribution in [-0.4, -0.2) is 86.1 Å². The summed E-state index contributed by atoms with van der Waals surface area (Å²) in [5.74, 6) is 0.0635. The number of quaternary nitrogens is 1. The zero-order valence-electron chi connectivity index (χ0n) is 25.7. The second kappa shape index (κ2) is 11.1. The predicted octanol–water partition coefficient (Wildman–Crippen LogP) is 4.63. The Morgan fingerprint density at radius 1 is 1.00 bits per heavy atom. The van der Waals surface area contributed by atoms with E-state index in [4.69, 9.17) is 0 Å². The van der Waals surface area contributed by atoms with Crippen LogP contribution in [0.4, 0.5) is 5.69 Å². The number of likely N-dealkylation sites (N-methyl/N-ethyl adjacent to an activating group) is 2. The SMILES string of the molecule is CC1N(C)CC2Cn3c(c(C4CCCCC4)c4ccc(cc43)C(=O)N[N+](C)(S(=O)[O-])C(C)N1C)-c1ccccc1N2C. The quantitative estimate of drug-likeness (QED) is 0.345. The number of carbonyl (C=O) groups is 1. The van der Waals surface area contributed by atoms with Gasteiger partial charge in [-0.1, -0.05) is 43.5 Å². The molecule has 5 unspecified atom stereocenters. The Labute approximate surface area is 252 Å². The Bertz CT molecular complexity index is 1530. The van der Waals surface area contributed by atoms with Gasteiger partial charge in [0.05, 0.1) is 17.9 Å². The van der Waals surface area contributed by atoms with Crippen LogP contribution in [0.5, 0.6) is 0 Å². The number of hydrogen-bond acceptors (Lipinski definition) is 6. The molecule has 1 saturated carbocycles. The summed E-state index contributed by atoms with van der Waals surface area (Å²) < 4.78 is 27.2. The number of amides is 1. The van der Waals surface area contributed by atoms with Crippen LogP contribution in [0.25, 0.3) is 22.2 Å². The van der Waals surface area contributed by atoms with E-state index < -0.39 is 27.3 Å². The molecule has 1 aromatic heterocycles. The van der Waals surface area contributed by atoms with Gasteiger partial charge < -0.3 is 14.0 Å². The highest BCUT2D eigenvalue weighted by Gasteiger charge is 2.41. The third-order valence-corrected chi connectivity index (χ3v) is 11.5. The van der Waals surface area contributed by atoms with E-state index in [1.807, 2.05) is 31.0 Å². The molecule has 1 amide bonds. The van der Waals surface area contributed by atoms with E-state index in [1.54, 1.807) is 7.05 Å². The number of fused-ring (bicyclic) bond motifs is 4. The number of para-hydroxylation sites is 1. The minimum Gasteiger partial charge on any atom is -0.723 e. The third kappa shape index (κ3) is 4.68. The van der Waals surface area contributed by atoms with Crippen molar-refractivity contribution in [1.82, 2.24) is 19.8 Å². The molecule has 10 heteroatoms. The molecule has 2 aliphatic heterocycles. The van der Waals surface area contributed by atoms with Crippen LogP contribution in [0.15, 0.2) is 42.5 Å². The van der Waals surface area contributed by atoms with Gasteiger partial charge in [-0.25, -0.2) is 9.11 Å². The van der Waals surface area contributed by atoms with Crippen LogP contribution >= 0.6 is 0 Å². The van der Waals surface area contributed by atoms with Gasteiger partial charge in [0, 0.05) is 54.8 Å². The molecule has 0 spiro atoms. The van der Waals surface area contributed by atoms with Crippen LogP contribution < -0.4 is 10.3 Å². The first-order chi connectivity index (χ1) is 20.0. The lowest BCUT2D eigenvalue weighted by molar-refractivity contribution is -0.860. The first-order valence-electron chi connectivity index (χ1n) is 15.2. The Hall–Kier alpha value is -2.76. The van der Waals surface area contributed by atoms with Crippen molar-refractivity contribution in [2.75, 3.05) is 39.6 Å². The van der Waals surface area contributed by atoms with Crippen molar-refractivity contribution in [3.63, 3.8) is 0 Å². The first kappa shape index (κ1) is 29.3. The monoisotopic (exact) mass is 592 g/mol. The molecule has 3 heterocycles. The van der Waals surface area contributed by atoms with Crippen molar-refractivity contribution in [2.24, 2.45) is 0 Å². The van der Waals surface area contributed by atoms with Gasteiger partial charge >= 0.3 is 0 Å².